The van der Waals surface area contributed by atoms with Crippen molar-refractivity contribution in [3.63, 3.8) is 0 Å². The predicted molar refractivity (Wildman–Crippen MR) is 69.6 cm³/mol. The van der Waals surface area contributed by atoms with Crippen LogP contribution in [0.4, 0.5) is 0 Å². The minimum Gasteiger partial charge on any atom is -0.508 e. The molecule has 0 aliphatic heterocycles. The molecule has 19 heavy (non-hydrogen) atoms. The standard InChI is InChI=1S/C13H13BrO5/c1-18-11(16)13(12(17)19-2)6-9(13)8-5-7(14)3-4-10(8)15/h3-5,9,15H,6H2,1-2H3/t9-/m1/s1. The molecule has 0 heterocycles. The van der Waals surface area contributed by atoms with E-state index in [1.54, 1.807) is 12.1 Å². The van der Waals surface area contributed by atoms with Crippen molar-refractivity contribution in [2.75, 3.05) is 14.2 Å². The average molecular weight is 329 g/mol. The van der Waals surface area contributed by atoms with Crippen molar-refractivity contribution in [1.29, 1.82) is 0 Å². The van der Waals surface area contributed by atoms with E-state index in [2.05, 4.69) is 25.4 Å². The number of rotatable bonds is 3. The third kappa shape index (κ3) is 2.10. The van der Waals surface area contributed by atoms with Crippen LogP contribution in [0.1, 0.15) is 17.9 Å². The van der Waals surface area contributed by atoms with Crippen LogP contribution in [0.25, 0.3) is 0 Å². The highest BCUT2D eigenvalue weighted by Gasteiger charge is 2.69. The maximum atomic E-state index is 11.9. The predicted octanol–water partition coefficient (Wildman–Crippen LogP) is 1.97. The van der Waals surface area contributed by atoms with Gasteiger partial charge in [0.15, 0.2) is 5.41 Å². The van der Waals surface area contributed by atoms with E-state index in [-0.39, 0.29) is 12.2 Å². The fourth-order valence-electron chi connectivity index (χ4n) is 2.34. The van der Waals surface area contributed by atoms with Crippen LogP contribution in [0.3, 0.4) is 0 Å². The van der Waals surface area contributed by atoms with E-state index in [0.717, 1.165) is 4.47 Å². The van der Waals surface area contributed by atoms with E-state index >= 15 is 0 Å². The Bertz CT molecular complexity index is 524. The number of phenols is 1. The van der Waals surface area contributed by atoms with Crippen LogP contribution in [0.2, 0.25) is 0 Å². The van der Waals surface area contributed by atoms with Gasteiger partial charge in [0, 0.05) is 10.4 Å². The van der Waals surface area contributed by atoms with Gasteiger partial charge in [-0.15, -0.1) is 0 Å². The van der Waals surface area contributed by atoms with Gasteiger partial charge in [0.1, 0.15) is 5.75 Å². The molecule has 0 unspecified atom stereocenters. The molecule has 0 radical (unpaired) electrons. The number of halogens is 1. The van der Waals surface area contributed by atoms with E-state index in [4.69, 9.17) is 0 Å². The fraction of sp³-hybridized carbons (Fsp3) is 0.385. The largest absolute Gasteiger partial charge is 0.508 e. The van der Waals surface area contributed by atoms with Crippen molar-refractivity contribution in [2.45, 2.75) is 12.3 Å². The molecule has 1 fully saturated rings. The molecule has 1 saturated carbocycles. The third-order valence-electron chi connectivity index (χ3n) is 3.43. The van der Waals surface area contributed by atoms with Gasteiger partial charge in [-0.25, -0.2) is 0 Å². The van der Waals surface area contributed by atoms with Gasteiger partial charge < -0.3 is 14.6 Å². The second-order valence-electron chi connectivity index (χ2n) is 4.41. The Hall–Kier alpha value is -1.56. The monoisotopic (exact) mass is 328 g/mol. The summed E-state index contributed by atoms with van der Waals surface area (Å²) in [6.45, 7) is 0. The zero-order chi connectivity index (χ0) is 14.2. The number of phenolic OH excluding ortho intramolecular Hbond substituents is 1. The molecular weight excluding hydrogens is 316 g/mol. The van der Waals surface area contributed by atoms with E-state index in [9.17, 15) is 14.7 Å². The minimum atomic E-state index is -1.33. The summed E-state index contributed by atoms with van der Waals surface area (Å²) in [5.74, 6) is -1.65. The lowest BCUT2D eigenvalue weighted by molar-refractivity contribution is -0.161. The zero-order valence-corrected chi connectivity index (χ0v) is 12.1. The summed E-state index contributed by atoms with van der Waals surface area (Å²) < 4.78 is 10.1. The second kappa shape index (κ2) is 4.85. The Balaban J connectivity index is 2.40. The first-order valence-corrected chi connectivity index (χ1v) is 6.42. The number of methoxy groups -OCH3 is 2. The number of carbonyl (C=O) groups is 2. The van der Waals surface area contributed by atoms with Gasteiger partial charge in [0.05, 0.1) is 14.2 Å². The SMILES string of the molecule is COC(=O)C1(C(=O)OC)C[C@@H]1c1cc(Br)ccc1O. The Labute approximate surface area is 118 Å². The molecule has 0 aromatic heterocycles. The number of benzene rings is 1. The van der Waals surface area contributed by atoms with Crippen molar-refractivity contribution < 1.29 is 24.2 Å². The molecule has 5 nitrogen and oxygen atoms in total. The molecule has 0 bridgehead atoms. The number of hydrogen-bond acceptors (Lipinski definition) is 5. The van der Waals surface area contributed by atoms with Crippen molar-refractivity contribution in [1.82, 2.24) is 0 Å². The summed E-state index contributed by atoms with van der Waals surface area (Å²) in [6.07, 6.45) is 0.274. The Kier molecular flexibility index (Phi) is 3.54. The van der Waals surface area contributed by atoms with Crippen molar-refractivity contribution in [3.05, 3.63) is 28.2 Å². The van der Waals surface area contributed by atoms with Gasteiger partial charge in [0.25, 0.3) is 0 Å². The quantitative estimate of drug-likeness (QED) is 0.678. The molecule has 2 rings (SSSR count). The van der Waals surface area contributed by atoms with Gasteiger partial charge >= 0.3 is 11.9 Å². The zero-order valence-electron chi connectivity index (χ0n) is 10.5. The number of ether oxygens (including phenoxy) is 2. The lowest BCUT2D eigenvalue weighted by Crippen LogP contribution is -2.30. The average Bonchev–Trinajstić information content (AvgIpc) is 3.16. The summed E-state index contributed by atoms with van der Waals surface area (Å²) in [5.41, 5.74) is -0.799. The topological polar surface area (TPSA) is 72.8 Å². The van der Waals surface area contributed by atoms with Gasteiger partial charge in [-0.3, -0.25) is 9.59 Å². The number of carbonyl (C=O) groups excluding carboxylic acids is 2. The van der Waals surface area contributed by atoms with Crippen LogP contribution in [0.5, 0.6) is 5.75 Å². The highest BCUT2D eigenvalue weighted by Crippen LogP contribution is 2.62. The first kappa shape index (κ1) is 13.9. The van der Waals surface area contributed by atoms with E-state index < -0.39 is 23.3 Å². The van der Waals surface area contributed by atoms with Crippen LogP contribution >= 0.6 is 15.9 Å². The van der Waals surface area contributed by atoms with E-state index in [0.29, 0.717) is 5.56 Å². The lowest BCUT2D eigenvalue weighted by atomic mass is 9.98. The maximum Gasteiger partial charge on any atom is 0.323 e. The smallest absolute Gasteiger partial charge is 0.323 e. The van der Waals surface area contributed by atoms with Crippen LogP contribution < -0.4 is 0 Å². The van der Waals surface area contributed by atoms with Crippen molar-refractivity contribution >= 4 is 27.9 Å². The first-order valence-electron chi connectivity index (χ1n) is 5.62. The lowest BCUT2D eigenvalue weighted by Gasteiger charge is -2.13. The summed E-state index contributed by atoms with van der Waals surface area (Å²) in [6, 6.07) is 4.88. The van der Waals surface area contributed by atoms with E-state index in [1.807, 2.05) is 0 Å². The first-order chi connectivity index (χ1) is 8.97. The molecule has 1 atom stereocenters. The highest BCUT2D eigenvalue weighted by molar-refractivity contribution is 9.10. The Morgan fingerprint density at radius 1 is 1.32 bits per heavy atom. The van der Waals surface area contributed by atoms with Crippen molar-refractivity contribution in [2.24, 2.45) is 5.41 Å². The van der Waals surface area contributed by atoms with E-state index in [1.165, 1.54) is 20.3 Å². The van der Waals surface area contributed by atoms with Crippen LogP contribution in [0, 0.1) is 5.41 Å². The summed E-state index contributed by atoms with van der Waals surface area (Å²) in [5, 5.41) is 9.86. The summed E-state index contributed by atoms with van der Waals surface area (Å²) >= 11 is 3.29. The molecule has 1 N–H and O–H groups in total. The Morgan fingerprint density at radius 2 is 1.89 bits per heavy atom. The molecule has 0 spiro atoms. The molecule has 6 heteroatoms. The van der Waals surface area contributed by atoms with Gasteiger partial charge in [-0.05, 0) is 30.2 Å². The summed E-state index contributed by atoms with van der Waals surface area (Å²) in [4.78, 5) is 23.7. The molecule has 1 aromatic rings. The number of hydrogen-bond donors (Lipinski definition) is 1. The van der Waals surface area contributed by atoms with Crippen LogP contribution in [0.15, 0.2) is 22.7 Å². The normalized spacial score (nSPS) is 19.6. The second-order valence-corrected chi connectivity index (χ2v) is 5.33. The number of esters is 2. The van der Waals surface area contributed by atoms with Gasteiger partial charge in [-0.2, -0.15) is 0 Å². The molecule has 0 amide bonds. The molecule has 102 valence electrons. The molecule has 1 aliphatic carbocycles. The Morgan fingerprint density at radius 3 is 2.42 bits per heavy atom. The summed E-state index contributed by atoms with van der Waals surface area (Å²) in [7, 11) is 2.45. The minimum absolute atomic E-state index is 0.0443. The molecule has 1 aliphatic rings. The van der Waals surface area contributed by atoms with Crippen molar-refractivity contribution in [3.8, 4) is 5.75 Å². The fourth-order valence-corrected chi connectivity index (χ4v) is 2.72. The number of aromatic hydroxyl groups is 1. The molecule has 1 aromatic carbocycles. The van der Waals surface area contributed by atoms with Gasteiger partial charge in [-0.1, -0.05) is 15.9 Å². The molecule has 0 saturated heterocycles. The highest BCUT2D eigenvalue weighted by atomic mass is 79.9. The molecular formula is C13H13BrO5. The third-order valence-corrected chi connectivity index (χ3v) is 3.92. The van der Waals surface area contributed by atoms with Gasteiger partial charge in [0.2, 0.25) is 0 Å². The van der Waals surface area contributed by atoms with Crippen LogP contribution in [-0.4, -0.2) is 31.3 Å². The van der Waals surface area contributed by atoms with Crippen LogP contribution in [-0.2, 0) is 19.1 Å². The maximum absolute atomic E-state index is 11.9.